The van der Waals surface area contributed by atoms with Crippen molar-refractivity contribution >= 4 is 6.29 Å². The van der Waals surface area contributed by atoms with Gasteiger partial charge in [-0.1, -0.05) is 25.0 Å². The van der Waals surface area contributed by atoms with E-state index in [1.807, 2.05) is 13.0 Å². The first kappa shape index (κ1) is 9.41. The van der Waals surface area contributed by atoms with Crippen LogP contribution in [0.25, 0.3) is 0 Å². The Morgan fingerprint density at radius 1 is 1.50 bits per heavy atom. The van der Waals surface area contributed by atoms with Crippen molar-refractivity contribution in [3.05, 3.63) is 11.6 Å². The van der Waals surface area contributed by atoms with Crippen LogP contribution in [0.5, 0.6) is 0 Å². The van der Waals surface area contributed by atoms with Crippen molar-refractivity contribution in [3.63, 3.8) is 0 Å². The summed E-state index contributed by atoms with van der Waals surface area (Å²) >= 11 is 0. The average Bonchev–Trinajstić information content (AvgIpc) is 1.98. The van der Waals surface area contributed by atoms with Gasteiger partial charge in [-0.15, -0.1) is 0 Å². The highest BCUT2D eigenvalue weighted by atomic mass is 16.1. The number of hydrogen-bond donors (Lipinski definition) is 0. The van der Waals surface area contributed by atoms with Crippen molar-refractivity contribution in [2.75, 3.05) is 0 Å². The lowest BCUT2D eigenvalue weighted by atomic mass is 10.1. The van der Waals surface area contributed by atoms with Crippen LogP contribution in [0.4, 0.5) is 0 Å². The molecular formula is C9H16O. The molecule has 0 aromatic carbocycles. The molecule has 1 nitrogen and oxygen atoms in total. The number of carbonyl (C=O) groups excluding carboxylic acids is 1. The summed E-state index contributed by atoms with van der Waals surface area (Å²) in [5, 5.41) is 0. The first-order valence-corrected chi connectivity index (χ1v) is 3.92. The van der Waals surface area contributed by atoms with Crippen LogP contribution in [0.15, 0.2) is 11.6 Å². The Bertz CT molecular complexity index is 114. The van der Waals surface area contributed by atoms with Crippen LogP contribution in [0.2, 0.25) is 0 Å². The van der Waals surface area contributed by atoms with Crippen LogP contribution in [-0.4, -0.2) is 6.29 Å². The molecule has 0 aromatic rings. The van der Waals surface area contributed by atoms with E-state index < -0.39 is 0 Å². The molecule has 0 bridgehead atoms. The Kier molecular flexibility index (Phi) is 6.14. The molecule has 0 saturated heterocycles. The summed E-state index contributed by atoms with van der Waals surface area (Å²) in [7, 11) is 0. The number of rotatable bonds is 5. The Hall–Kier alpha value is -0.590. The fraction of sp³-hybridized carbons (Fsp3) is 0.667. The quantitative estimate of drug-likeness (QED) is 0.424. The Balaban J connectivity index is 3.51. The summed E-state index contributed by atoms with van der Waals surface area (Å²) in [5.41, 5.74) is 1.27. The lowest BCUT2D eigenvalue weighted by Crippen LogP contribution is -1.84. The first-order chi connectivity index (χ1) is 4.85. The van der Waals surface area contributed by atoms with Crippen molar-refractivity contribution in [1.29, 1.82) is 0 Å². The van der Waals surface area contributed by atoms with Gasteiger partial charge in [0.15, 0.2) is 0 Å². The van der Waals surface area contributed by atoms with E-state index in [4.69, 9.17) is 0 Å². The predicted octanol–water partition coefficient (Wildman–Crippen LogP) is 2.71. The minimum atomic E-state index is 0.622. The Morgan fingerprint density at radius 3 is 2.60 bits per heavy atom. The van der Waals surface area contributed by atoms with E-state index in [1.54, 1.807) is 0 Å². The molecule has 0 aliphatic carbocycles. The van der Waals surface area contributed by atoms with Gasteiger partial charge in [0.05, 0.1) is 0 Å². The average molecular weight is 140 g/mol. The molecule has 0 amide bonds. The first-order valence-electron chi connectivity index (χ1n) is 3.92. The molecule has 0 spiro atoms. The molecule has 0 atom stereocenters. The zero-order valence-corrected chi connectivity index (χ0v) is 6.89. The lowest BCUT2D eigenvalue weighted by molar-refractivity contribution is -0.107. The maximum Gasteiger partial charge on any atom is 0.124 e. The summed E-state index contributed by atoms with van der Waals surface area (Å²) in [6.45, 7) is 4.16. The third-order valence-electron chi connectivity index (χ3n) is 1.61. The van der Waals surface area contributed by atoms with E-state index in [2.05, 4.69) is 6.92 Å². The number of unbranched alkanes of at least 4 members (excludes halogenated alkanes) is 1. The van der Waals surface area contributed by atoms with Crippen molar-refractivity contribution in [1.82, 2.24) is 0 Å². The smallest absolute Gasteiger partial charge is 0.124 e. The van der Waals surface area contributed by atoms with Gasteiger partial charge >= 0.3 is 0 Å². The fourth-order valence-corrected chi connectivity index (χ4v) is 0.875. The van der Waals surface area contributed by atoms with Gasteiger partial charge in [-0.25, -0.2) is 0 Å². The topological polar surface area (TPSA) is 17.1 Å². The number of aldehydes is 1. The molecule has 58 valence electrons. The lowest BCUT2D eigenvalue weighted by Gasteiger charge is -1.99. The van der Waals surface area contributed by atoms with Gasteiger partial charge in [0, 0.05) is 6.42 Å². The summed E-state index contributed by atoms with van der Waals surface area (Å²) in [5.74, 6) is 0. The van der Waals surface area contributed by atoms with Crippen molar-refractivity contribution in [3.8, 4) is 0 Å². The summed E-state index contributed by atoms with van der Waals surface area (Å²) in [4.78, 5) is 10.1. The van der Waals surface area contributed by atoms with E-state index in [9.17, 15) is 4.79 Å². The van der Waals surface area contributed by atoms with Crippen molar-refractivity contribution < 1.29 is 4.79 Å². The Labute approximate surface area is 63.1 Å². The molecule has 0 heterocycles. The van der Waals surface area contributed by atoms with Gasteiger partial charge in [-0.05, 0) is 19.8 Å². The molecule has 1 heteroatoms. The number of hydrogen-bond acceptors (Lipinski definition) is 1. The highest BCUT2D eigenvalue weighted by molar-refractivity contribution is 5.54. The van der Waals surface area contributed by atoms with Gasteiger partial charge < -0.3 is 4.79 Å². The van der Waals surface area contributed by atoms with Gasteiger partial charge in [-0.3, -0.25) is 0 Å². The number of carbonyl (C=O) groups is 1. The predicted molar refractivity (Wildman–Crippen MR) is 44.0 cm³/mol. The van der Waals surface area contributed by atoms with Gasteiger partial charge in [0.1, 0.15) is 6.29 Å². The van der Waals surface area contributed by atoms with Crippen LogP contribution >= 0.6 is 0 Å². The highest BCUT2D eigenvalue weighted by Gasteiger charge is 1.92. The Morgan fingerprint density at radius 2 is 2.20 bits per heavy atom. The minimum absolute atomic E-state index is 0.622. The normalized spacial score (nSPS) is 11.6. The van der Waals surface area contributed by atoms with E-state index in [0.717, 1.165) is 12.7 Å². The zero-order chi connectivity index (χ0) is 7.82. The van der Waals surface area contributed by atoms with E-state index in [1.165, 1.54) is 18.4 Å². The van der Waals surface area contributed by atoms with Gasteiger partial charge in [0.25, 0.3) is 0 Å². The molecule has 0 rings (SSSR count). The molecule has 0 N–H and O–H groups in total. The molecule has 0 unspecified atom stereocenters. The highest BCUT2D eigenvalue weighted by Crippen LogP contribution is 2.09. The third kappa shape index (κ3) is 4.30. The molecule has 0 aliphatic rings. The van der Waals surface area contributed by atoms with Crippen LogP contribution < -0.4 is 0 Å². The molecule has 0 radical (unpaired) electrons. The van der Waals surface area contributed by atoms with Crippen molar-refractivity contribution in [2.45, 2.75) is 39.5 Å². The van der Waals surface area contributed by atoms with Crippen LogP contribution in [0.1, 0.15) is 39.5 Å². The summed E-state index contributed by atoms with van der Waals surface area (Å²) in [6.07, 6.45) is 7.14. The third-order valence-corrected chi connectivity index (χ3v) is 1.61. The summed E-state index contributed by atoms with van der Waals surface area (Å²) < 4.78 is 0. The van der Waals surface area contributed by atoms with Gasteiger partial charge in [0.2, 0.25) is 0 Å². The van der Waals surface area contributed by atoms with Crippen LogP contribution in [0, 0.1) is 0 Å². The molecule has 0 saturated carbocycles. The van der Waals surface area contributed by atoms with Crippen LogP contribution in [0.3, 0.4) is 0 Å². The fourth-order valence-electron chi connectivity index (χ4n) is 0.875. The molecule has 0 aliphatic heterocycles. The minimum Gasteiger partial charge on any atom is -0.303 e. The second kappa shape index (κ2) is 6.53. The molecule has 0 aromatic heterocycles. The molecule has 10 heavy (non-hydrogen) atoms. The maximum atomic E-state index is 10.1. The molecular weight excluding hydrogens is 124 g/mol. The zero-order valence-electron chi connectivity index (χ0n) is 6.89. The monoisotopic (exact) mass is 140 g/mol. The summed E-state index contributed by atoms with van der Waals surface area (Å²) in [6, 6.07) is 0. The van der Waals surface area contributed by atoms with E-state index in [0.29, 0.717) is 6.42 Å². The largest absolute Gasteiger partial charge is 0.303 e. The second-order valence-electron chi connectivity index (χ2n) is 2.42. The standard InChI is InChI=1S/C9H16O/c1-3-5-6-9(4-2)7-8-10/h4,8H,3,5-7H2,1-2H3. The second-order valence-corrected chi connectivity index (χ2v) is 2.42. The van der Waals surface area contributed by atoms with E-state index in [-0.39, 0.29) is 0 Å². The molecule has 0 fully saturated rings. The van der Waals surface area contributed by atoms with E-state index >= 15 is 0 Å². The number of allylic oxidation sites excluding steroid dienone is 2. The van der Waals surface area contributed by atoms with Crippen molar-refractivity contribution in [2.24, 2.45) is 0 Å². The van der Waals surface area contributed by atoms with Gasteiger partial charge in [-0.2, -0.15) is 0 Å². The SMILES string of the molecule is CC=C(CC=O)CCCC. The van der Waals surface area contributed by atoms with Crippen LogP contribution in [-0.2, 0) is 4.79 Å². The maximum absolute atomic E-state index is 10.1.